The Morgan fingerprint density at radius 3 is 2.44 bits per heavy atom. The van der Waals surface area contributed by atoms with Crippen molar-refractivity contribution in [3.8, 4) is 0 Å². The highest BCUT2D eigenvalue weighted by molar-refractivity contribution is 4.96. The zero-order valence-electron chi connectivity index (χ0n) is 12.3. The maximum atomic E-state index is 9.60. The molecule has 106 valence electrons. The highest BCUT2D eigenvalue weighted by atomic mass is 16.3. The summed E-state index contributed by atoms with van der Waals surface area (Å²) in [5.41, 5.74) is 0.0935. The second kappa shape index (κ2) is 5.89. The summed E-state index contributed by atoms with van der Waals surface area (Å²) >= 11 is 0. The molecular formula is C15H30N2O. The van der Waals surface area contributed by atoms with Crippen LogP contribution >= 0.6 is 0 Å². The minimum Gasteiger partial charge on any atom is -0.396 e. The van der Waals surface area contributed by atoms with Crippen LogP contribution in [0, 0.1) is 5.41 Å². The second-order valence-electron chi connectivity index (χ2n) is 6.46. The lowest BCUT2D eigenvalue weighted by Gasteiger charge is -2.31. The van der Waals surface area contributed by atoms with E-state index in [9.17, 15) is 5.11 Å². The van der Waals surface area contributed by atoms with Crippen LogP contribution in [0.4, 0.5) is 0 Å². The molecule has 0 radical (unpaired) electrons. The van der Waals surface area contributed by atoms with E-state index in [4.69, 9.17) is 0 Å². The molecule has 0 aromatic heterocycles. The maximum Gasteiger partial charge on any atom is 0.0499 e. The van der Waals surface area contributed by atoms with E-state index < -0.39 is 0 Å². The van der Waals surface area contributed by atoms with Crippen molar-refractivity contribution >= 4 is 0 Å². The SMILES string of the molecule is CCC(CC)(CO)CNC1CC(C)N(C2CC2)C1. The standard InChI is InChI=1S/C15H30N2O/c1-4-15(5-2,11-18)10-16-13-8-12(3)17(9-13)14-6-7-14/h12-14,16,18H,4-11H2,1-3H3. The first-order valence-electron chi connectivity index (χ1n) is 7.74. The first-order valence-corrected chi connectivity index (χ1v) is 7.74. The molecule has 0 aromatic rings. The monoisotopic (exact) mass is 254 g/mol. The van der Waals surface area contributed by atoms with Gasteiger partial charge in [-0.2, -0.15) is 0 Å². The predicted octanol–water partition coefficient (Wildman–Crippen LogP) is 2.00. The molecule has 2 unspecified atom stereocenters. The van der Waals surface area contributed by atoms with Crippen molar-refractivity contribution in [1.29, 1.82) is 0 Å². The molecule has 1 aliphatic heterocycles. The Hall–Kier alpha value is -0.120. The largest absolute Gasteiger partial charge is 0.396 e. The summed E-state index contributed by atoms with van der Waals surface area (Å²) in [6.07, 6.45) is 6.19. The van der Waals surface area contributed by atoms with Gasteiger partial charge in [0.1, 0.15) is 0 Å². The molecule has 1 saturated carbocycles. The zero-order chi connectivity index (χ0) is 13.2. The molecule has 18 heavy (non-hydrogen) atoms. The molecule has 2 N–H and O–H groups in total. The third kappa shape index (κ3) is 3.06. The van der Waals surface area contributed by atoms with Crippen LogP contribution in [0.1, 0.15) is 52.9 Å². The minimum absolute atomic E-state index is 0.0935. The smallest absolute Gasteiger partial charge is 0.0499 e. The molecule has 1 heterocycles. The normalized spacial score (nSPS) is 30.0. The van der Waals surface area contributed by atoms with Crippen molar-refractivity contribution in [1.82, 2.24) is 10.2 Å². The summed E-state index contributed by atoms with van der Waals surface area (Å²) < 4.78 is 0. The van der Waals surface area contributed by atoms with E-state index in [2.05, 4.69) is 31.0 Å². The summed E-state index contributed by atoms with van der Waals surface area (Å²) in [6.45, 7) is 9.22. The number of nitrogens with zero attached hydrogens (tertiary/aromatic N) is 1. The summed E-state index contributed by atoms with van der Waals surface area (Å²) in [7, 11) is 0. The third-order valence-corrected chi connectivity index (χ3v) is 5.24. The molecular weight excluding hydrogens is 224 g/mol. The predicted molar refractivity (Wildman–Crippen MR) is 75.7 cm³/mol. The summed E-state index contributed by atoms with van der Waals surface area (Å²) in [5, 5.41) is 13.3. The van der Waals surface area contributed by atoms with Gasteiger partial charge in [0.25, 0.3) is 0 Å². The average molecular weight is 254 g/mol. The fraction of sp³-hybridized carbons (Fsp3) is 1.00. The topological polar surface area (TPSA) is 35.5 Å². The van der Waals surface area contributed by atoms with Crippen LogP contribution in [-0.4, -0.2) is 47.8 Å². The first kappa shape index (κ1) is 14.3. The van der Waals surface area contributed by atoms with Gasteiger partial charge in [0.05, 0.1) is 0 Å². The van der Waals surface area contributed by atoms with Crippen LogP contribution < -0.4 is 5.32 Å². The van der Waals surface area contributed by atoms with Crippen LogP contribution in [0.2, 0.25) is 0 Å². The van der Waals surface area contributed by atoms with Gasteiger partial charge in [-0.3, -0.25) is 4.90 Å². The molecule has 0 aromatic carbocycles. The van der Waals surface area contributed by atoms with Crippen LogP contribution in [0.3, 0.4) is 0 Å². The summed E-state index contributed by atoms with van der Waals surface area (Å²) in [6, 6.07) is 2.25. The van der Waals surface area contributed by atoms with Gasteiger partial charge in [-0.15, -0.1) is 0 Å². The highest BCUT2D eigenvalue weighted by Crippen LogP contribution is 2.33. The van der Waals surface area contributed by atoms with Crippen LogP contribution in [0.5, 0.6) is 0 Å². The van der Waals surface area contributed by atoms with E-state index in [0.717, 1.165) is 31.5 Å². The van der Waals surface area contributed by atoms with E-state index >= 15 is 0 Å². The lowest BCUT2D eigenvalue weighted by molar-refractivity contribution is 0.110. The van der Waals surface area contributed by atoms with Gasteiger partial charge in [0.15, 0.2) is 0 Å². The molecule has 1 aliphatic carbocycles. The van der Waals surface area contributed by atoms with E-state index in [0.29, 0.717) is 12.6 Å². The van der Waals surface area contributed by atoms with Crippen LogP contribution in [0.15, 0.2) is 0 Å². The molecule has 0 spiro atoms. The highest BCUT2D eigenvalue weighted by Gasteiger charge is 2.39. The summed E-state index contributed by atoms with van der Waals surface area (Å²) in [4.78, 5) is 2.68. The number of aliphatic hydroxyl groups excluding tert-OH is 1. The number of aliphatic hydroxyl groups is 1. The summed E-state index contributed by atoms with van der Waals surface area (Å²) in [5.74, 6) is 0. The van der Waals surface area contributed by atoms with E-state index in [-0.39, 0.29) is 5.41 Å². The molecule has 3 heteroatoms. The fourth-order valence-corrected chi connectivity index (χ4v) is 3.26. The molecule has 2 rings (SSSR count). The van der Waals surface area contributed by atoms with E-state index in [1.807, 2.05) is 0 Å². The molecule has 3 nitrogen and oxygen atoms in total. The van der Waals surface area contributed by atoms with E-state index in [1.165, 1.54) is 25.8 Å². The minimum atomic E-state index is 0.0935. The lowest BCUT2D eigenvalue weighted by atomic mass is 9.83. The zero-order valence-corrected chi connectivity index (χ0v) is 12.3. The van der Waals surface area contributed by atoms with Gasteiger partial charge < -0.3 is 10.4 Å². The Morgan fingerprint density at radius 1 is 1.28 bits per heavy atom. The van der Waals surface area contributed by atoms with Crippen molar-refractivity contribution in [2.45, 2.75) is 71.0 Å². The van der Waals surface area contributed by atoms with Crippen molar-refractivity contribution in [2.75, 3.05) is 19.7 Å². The van der Waals surface area contributed by atoms with Crippen molar-refractivity contribution < 1.29 is 5.11 Å². The van der Waals surface area contributed by atoms with Crippen molar-refractivity contribution in [3.63, 3.8) is 0 Å². The molecule has 0 bridgehead atoms. The second-order valence-corrected chi connectivity index (χ2v) is 6.46. The number of rotatable bonds is 7. The third-order valence-electron chi connectivity index (χ3n) is 5.24. The first-order chi connectivity index (χ1) is 8.64. The van der Waals surface area contributed by atoms with Crippen LogP contribution in [0.25, 0.3) is 0 Å². The Labute approximate surface area is 112 Å². The lowest BCUT2D eigenvalue weighted by Crippen LogP contribution is -2.42. The molecule has 2 atom stereocenters. The van der Waals surface area contributed by atoms with E-state index in [1.54, 1.807) is 0 Å². The average Bonchev–Trinajstić information content (AvgIpc) is 3.16. The molecule has 1 saturated heterocycles. The van der Waals surface area contributed by atoms with Crippen LogP contribution in [-0.2, 0) is 0 Å². The van der Waals surface area contributed by atoms with Gasteiger partial charge in [-0.25, -0.2) is 0 Å². The molecule has 0 amide bonds. The number of hydrogen-bond donors (Lipinski definition) is 2. The Bertz CT molecular complexity index is 253. The van der Waals surface area contributed by atoms with Crippen molar-refractivity contribution in [3.05, 3.63) is 0 Å². The van der Waals surface area contributed by atoms with Gasteiger partial charge in [0, 0.05) is 43.2 Å². The van der Waals surface area contributed by atoms with Gasteiger partial charge in [0.2, 0.25) is 0 Å². The number of hydrogen-bond acceptors (Lipinski definition) is 3. The maximum absolute atomic E-state index is 9.60. The molecule has 2 aliphatic rings. The number of likely N-dealkylation sites (tertiary alicyclic amines) is 1. The van der Waals surface area contributed by atoms with Gasteiger partial charge in [-0.1, -0.05) is 13.8 Å². The quantitative estimate of drug-likeness (QED) is 0.729. The molecule has 2 fully saturated rings. The Kier molecular flexibility index (Phi) is 4.68. The van der Waals surface area contributed by atoms with Gasteiger partial charge >= 0.3 is 0 Å². The van der Waals surface area contributed by atoms with Gasteiger partial charge in [-0.05, 0) is 39.0 Å². The van der Waals surface area contributed by atoms with Crippen molar-refractivity contribution in [2.24, 2.45) is 5.41 Å². The Balaban J connectivity index is 1.80. The fourth-order valence-electron chi connectivity index (χ4n) is 3.26. The number of nitrogens with one attached hydrogen (secondary N) is 1. The Morgan fingerprint density at radius 2 is 1.94 bits per heavy atom.